The van der Waals surface area contributed by atoms with Gasteiger partial charge in [-0.1, -0.05) is 0 Å². The lowest BCUT2D eigenvalue weighted by molar-refractivity contribution is -0.139. The van der Waals surface area contributed by atoms with E-state index >= 15 is 0 Å². The first-order chi connectivity index (χ1) is 11.1. The van der Waals surface area contributed by atoms with Gasteiger partial charge in [0.2, 0.25) is 0 Å². The first-order valence-electron chi connectivity index (χ1n) is 7.97. The van der Waals surface area contributed by atoms with Crippen molar-refractivity contribution in [3.8, 4) is 5.75 Å². The van der Waals surface area contributed by atoms with Gasteiger partial charge in [0.1, 0.15) is 5.75 Å². The van der Waals surface area contributed by atoms with Crippen molar-refractivity contribution in [2.45, 2.75) is 25.3 Å². The van der Waals surface area contributed by atoms with Crippen LogP contribution in [-0.4, -0.2) is 54.3 Å². The standard InChI is InChI=1S/C17H21NO5/c19-16(20)9-14-11-22-8-7-18(14)17(21)13-3-5-15(6-4-13)23-10-12-1-2-12/h3-6,12,14H,1-2,7-11H2,(H,19,20). The van der Waals surface area contributed by atoms with Crippen LogP contribution in [0.2, 0.25) is 0 Å². The second-order valence-electron chi connectivity index (χ2n) is 6.10. The fourth-order valence-electron chi connectivity index (χ4n) is 2.65. The zero-order valence-electron chi connectivity index (χ0n) is 12.9. The minimum absolute atomic E-state index is 0.103. The number of carboxylic acids is 1. The van der Waals surface area contributed by atoms with E-state index in [4.69, 9.17) is 14.6 Å². The number of hydrogen-bond acceptors (Lipinski definition) is 4. The molecule has 1 unspecified atom stereocenters. The molecule has 1 atom stereocenters. The Kier molecular flexibility index (Phi) is 4.81. The number of carbonyl (C=O) groups excluding carboxylic acids is 1. The number of hydrogen-bond donors (Lipinski definition) is 1. The molecule has 1 heterocycles. The van der Waals surface area contributed by atoms with E-state index in [-0.39, 0.29) is 18.9 Å². The van der Waals surface area contributed by atoms with Crippen LogP contribution in [0.25, 0.3) is 0 Å². The van der Waals surface area contributed by atoms with Crippen molar-refractivity contribution >= 4 is 11.9 Å². The lowest BCUT2D eigenvalue weighted by atomic mass is 10.1. The molecule has 2 fully saturated rings. The molecule has 0 radical (unpaired) electrons. The molecule has 1 aromatic rings. The molecule has 23 heavy (non-hydrogen) atoms. The second-order valence-corrected chi connectivity index (χ2v) is 6.10. The van der Waals surface area contributed by atoms with E-state index in [1.165, 1.54) is 12.8 Å². The first-order valence-corrected chi connectivity index (χ1v) is 7.97. The Labute approximate surface area is 135 Å². The smallest absolute Gasteiger partial charge is 0.305 e. The summed E-state index contributed by atoms with van der Waals surface area (Å²) < 4.78 is 11.0. The quantitative estimate of drug-likeness (QED) is 0.865. The third-order valence-electron chi connectivity index (χ3n) is 4.18. The molecule has 1 N–H and O–H groups in total. The minimum Gasteiger partial charge on any atom is -0.493 e. The van der Waals surface area contributed by atoms with E-state index in [1.807, 2.05) is 0 Å². The van der Waals surface area contributed by atoms with Crippen molar-refractivity contribution in [1.29, 1.82) is 0 Å². The van der Waals surface area contributed by atoms with Crippen molar-refractivity contribution in [2.24, 2.45) is 5.92 Å². The fourth-order valence-corrected chi connectivity index (χ4v) is 2.65. The molecule has 6 heteroatoms. The summed E-state index contributed by atoms with van der Waals surface area (Å²) in [5.41, 5.74) is 0.543. The molecule has 1 saturated carbocycles. The average Bonchev–Trinajstić information content (AvgIpc) is 3.37. The molecule has 6 nitrogen and oxygen atoms in total. The average molecular weight is 319 g/mol. The minimum atomic E-state index is -0.929. The van der Waals surface area contributed by atoms with Crippen molar-refractivity contribution in [2.75, 3.05) is 26.4 Å². The van der Waals surface area contributed by atoms with Gasteiger partial charge in [-0.05, 0) is 43.0 Å². The maximum absolute atomic E-state index is 12.6. The van der Waals surface area contributed by atoms with Crippen LogP contribution in [0.3, 0.4) is 0 Å². The number of carboxylic acid groups (broad SMARTS) is 1. The number of ether oxygens (including phenoxy) is 2. The number of amides is 1. The zero-order valence-corrected chi connectivity index (χ0v) is 12.9. The summed E-state index contributed by atoms with van der Waals surface area (Å²) in [6.45, 7) is 1.85. The highest BCUT2D eigenvalue weighted by molar-refractivity contribution is 5.94. The highest BCUT2D eigenvalue weighted by Gasteiger charge is 2.29. The van der Waals surface area contributed by atoms with Gasteiger partial charge in [-0.15, -0.1) is 0 Å². The molecular formula is C17H21NO5. The van der Waals surface area contributed by atoms with Gasteiger partial charge in [0.25, 0.3) is 5.91 Å². The number of rotatable bonds is 6. The van der Waals surface area contributed by atoms with Crippen molar-refractivity contribution < 1.29 is 24.2 Å². The van der Waals surface area contributed by atoms with Crippen LogP contribution < -0.4 is 4.74 Å². The molecule has 1 aliphatic carbocycles. The predicted octanol–water partition coefficient (Wildman–Crippen LogP) is 1.79. The van der Waals surface area contributed by atoms with Gasteiger partial charge in [0, 0.05) is 12.1 Å². The molecule has 3 rings (SSSR count). The highest BCUT2D eigenvalue weighted by atomic mass is 16.5. The molecule has 2 aliphatic rings. The van der Waals surface area contributed by atoms with E-state index in [1.54, 1.807) is 29.2 Å². The predicted molar refractivity (Wildman–Crippen MR) is 82.6 cm³/mol. The lowest BCUT2D eigenvalue weighted by Crippen LogP contribution is -2.49. The Balaban J connectivity index is 1.63. The third-order valence-corrected chi connectivity index (χ3v) is 4.18. The van der Waals surface area contributed by atoms with E-state index in [0.29, 0.717) is 24.6 Å². The summed E-state index contributed by atoms with van der Waals surface area (Å²) in [5, 5.41) is 8.97. The number of nitrogens with zero attached hydrogens (tertiary/aromatic N) is 1. The van der Waals surface area contributed by atoms with Crippen LogP contribution in [0.1, 0.15) is 29.6 Å². The topological polar surface area (TPSA) is 76.1 Å². The highest BCUT2D eigenvalue weighted by Crippen LogP contribution is 2.29. The monoisotopic (exact) mass is 319 g/mol. The van der Waals surface area contributed by atoms with Crippen LogP contribution in [-0.2, 0) is 9.53 Å². The van der Waals surface area contributed by atoms with Crippen molar-refractivity contribution in [3.05, 3.63) is 29.8 Å². The number of carbonyl (C=O) groups is 2. The van der Waals surface area contributed by atoms with E-state index < -0.39 is 12.0 Å². The fraction of sp³-hybridized carbons (Fsp3) is 0.529. The lowest BCUT2D eigenvalue weighted by Gasteiger charge is -2.34. The van der Waals surface area contributed by atoms with Crippen molar-refractivity contribution in [3.63, 3.8) is 0 Å². The molecule has 1 aliphatic heterocycles. The normalized spacial score (nSPS) is 21.0. The molecular weight excluding hydrogens is 298 g/mol. The SMILES string of the molecule is O=C(O)CC1COCCN1C(=O)c1ccc(OCC2CC2)cc1. The third kappa shape index (κ3) is 4.22. The second kappa shape index (κ2) is 7.00. The summed E-state index contributed by atoms with van der Waals surface area (Å²) in [6, 6.07) is 6.64. The Morgan fingerprint density at radius 2 is 2.00 bits per heavy atom. The largest absolute Gasteiger partial charge is 0.493 e. The first kappa shape index (κ1) is 15.8. The van der Waals surface area contributed by atoms with Gasteiger partial charge >= 0.3 is 5.97 Å². The number of morpholine rings is 1. The summed E-state index contributed by atoms with van der Waals surface area (Å²) in [5.74, 6) is 0.356. The van der Waals surface area contributed by atoms with Gasteiger partial charge in [-0.25, -0.2) is 0 Å². The Bertz CT molecular complexity index is 567. The maximum atomic E-state index is 12.6. The van der Waals surface area contributed by atoms with Crippen LogP contribution >= 0.6 is 0 Å². The number of aliphatic carboxylic acids is 1. The molecule has 1 amide bonds. The Morgan fingerprint density at radius 3 is 2.65 bits per heavy atom. The molecule has 124 valence electrons. The zero-order chi connectivity index (χ0) is 16.2. The molecule has 1 aromatic carbocycles. The van der Waals surface area contributed by atoms with E-state index in [9.17, 15) is 9.59 Å². The van der Waals surface area contributed by atoms with Crippen LogP contribution in [0, 0.1) is 5.92 Å². The van der Waals surface area contributed by atoms with Gasteiger partial charge in [-0.3, -0.25) is 9.59 Å². The maximum Gasteiger partial charge on any atom is 0.305 e. The summed E-state index contributed by atoms with van der Waals surface area (Å²) in [4.78, 5) is 25.1. The van der Waals surface area contributed by atoms with Gasteiger partial charge < -0.3 is 19.5 Å². The van der Waals surface area contributed by atoms with Crippen LogP contribution in [0.4, 0.5) is 0 Å². The Hall–Kier alpha value is -2.08. The van der Waals surface area contributed by atoms with Crippen LogP contribution in [0.5, 0.6) is 5.75 Å². The molecule has 1 saturated heterocycles. The van der Waals surface area contributed by atoms with Gasteiger partial charge in [-0.2, -0.15) is 0 Å². The van der Waals surface area contributed by atoms with Gasteiger partial charge in [0.15, 0.2) is 0 Å². The summed E-state index contributed by atoms with van der Waals surface area (Å²) in [7, 11) is 0. The summed E-state index contributed by atoms with van der Waals surface area (Å²) in [6.07, 6.45) is 2.37. The van der Waals surface area contributed by atoms with E-state index in [2.05, 4.69) is 0 Å². The molecule has 0 spiro atoms. The molecule has 0 aromatic heterocycles. The summed E-state index contributed by atoms with van der Waals surface area (Å²) >= 11 is 0. The number of benzene rings is 1. The van der Waals surface area contributed by atoms with Crippen molar-refractivity contribution in [1.82, 2.24) is 4.90 Å². The Morgan fingerprint density at radius 1 is 1.26 bits per heavy atom. The van der Waals surface area contributed by atoms with E-state index in [0.717, 1.165) is 12.4 Å². The van der Waals surface area contributed by atoms with Gasteiger partial charge in [0.05, 0.1) is 32.3 Å². The molecule has 0 bridgehead atoms. The van der Waals surface area contributed by atoms with Crippen LogP contribution in [0.15, 0.2) is 24.3 Å².